The average Bonchev–Trinajstić information content (AvgIpc) is 2.73. The molecule has 1 atom stereocenters. The standard InChI is InChI=1S/C22H35N3O5S/c1-17-13-20(29-4)14-18(2)22(17)31(27,28)25-8-6-5-7-19(25)15-30-16-21(26)24-11-9-23(3)10-12-24/h13-14,19H,5-12,15-16H2,1-4H3. The molecule has 0 saturated carbocycles. The monoisotopic (exact) mass is 453 g/mol. The highest BCUT2D eigenvalue weighted by Crippen LogP contribution is 2.31. The van der Waals surface area contributed by atoms with Crippen molar-refractivity contribution in [2.45, 2.75) is 44.0 Å². The molecular weight excluding hydrogens is 418 g/mol. The van der Waals surface area contributed by atoms with Gasteiger partial charge in [0.15, 0.2) is 0 Å². The summed E-state index contributed by atoms with van der Waals surface area (Å²) in [6.45, 7) is 7.42. The minimum Gasteiger partial charge on any atom is -0.497 e. The minimum absolute atomic E-state index is 0.00526. The molecule has 174 valence electrons. The largest absolute Gasteiger partial charge is 0.497 e. The van der Waals surface area contributed by atoms with Crippen LogP contribution in [-0.4, -0.2) is 94.6 Å². The van der Waals surface area contributed by atoms with Gasteiger partial charge in [0, 0.05) is 38.8 Å². The van der Waals surface area contributed by atoms with Gasteiger partial charge >= 0.3 is 0 Å². The fourth-order valence-electron chi connectivity index (χ4n) is 4.44. The Morgan fingerprint density at radius 1 is 1.06 bits per heavy atom. The van der Waals surface area contributed by atoms with Crippen molar-refractivity contribution < 1.29 is 22.7 Å². The number of likely N-dealkylation sites (N-methyl/N-ethyl adjacent to an activating group) is 1. The Hall–Kier alpha value is -1.68. The lowest BCUT2D eigenvalue weighted by Crippen LogP contribution is -2.49. The first-order valence-electron chi connectivity index (χ1n) is 10.9. The van der Waals surface area contributed by atoms with E-state index in [1.807, 2.05) is 11.9 Å². The molecule has 2 aliphatic heterocycles. The van der Waals surface area contributed by atoms with Crippen LogP contribution in [0.1, 0.15) is 30.4 Å². The maximum Gasteiger partial charge on any atom is 0.248 e. The molecule has 0 aliphatic carbocycles. The first-order valence-corrected chi connectivity index (χ1v) is 12.4. The minimum atomic E-state index is -3.68. The van der Waals surface area contributed by atoms with Gasteiger partial charge in [-0.25, -0.2) is 8.42 Å². The molecule has 2 fully saturated rings. The first-order chi connectivity index (χ1) is 14.7. The van der Waals surface area contributed by atoms with Crippen LogP contribution in [-0.2, 0) is 19.6 Å². The highest BCUT2D eigenvalue weighted by Gasteiger charge is 2.35. The van der Waals surface area contributed by atoms with Crippen LogP contribution < -0.4 is 4.74 Å². The van der Waals surface area contributed by atoms with E-state index in [1.165, 1.54) is 0 Å². The van der Waals surface area contributed by atoms with Gasteiger partial charge in [0.2, 0.25) is 15.9 Å². The maximum atomic E-state index is 13.6. The molecule has 0 radical (unpaired) electrons. The van der Waals surface area contributed by atoms with Crippen molar-refractivity contribution >= 4 is 15.9 Å². The van der Waals surface area contributed by atoms with Crippen molar-refractivity contribution in [3.8, 4) is 5.75 Å². The summed E-state index contributed by atoms with van der Waals surface area (Å²) >= 11 is 0. The number of piperidine rings is 1. The Morgan fingerprint density at radius 2 is 1.71 bits per heavy atom. The van der Waals surface area contributed by atoms with Crippen molar-refractivity contribution in [2.75, 3.05) is 60.1 Å². The van der Waals surface area contributed by atoms with E-state index in [0.717, 1.165) is 32.4 Å². The molecule has 0 aromatic heterocycles. The van der Waals surface area contributed by atoms with Crippen LogP contribution >= 0.6 is 0 Å². The number of amides is 1. The number of rotatable bonds is 7. The Bertz CT molecular complexity index is 858. The van der Waals surface area contributed by atoms with Gasteiger partial charge in [-0.15, -0.1) is 0 Å². The second-order valence-corrected chi connectivity index (χ2v) is 10.4. The number of benzene rings is 1. The first kappa shape index (κ1) is 24.0. The Morgan fingerprint density at radius 3 is 2.32 bits per heavy atom. The summed E-state index contributed by atoms with van der Waals surface area (Å²) in [5.41, 5.74) is 1.35. The summed E-state index contributed by atoms with van der Waals surface area (Å²) in [4.78, 5) is 16.8. The number of hydrogen-bond donors (Lipinski definition) is 0. The predicted molar refractivity (Wildman–Crippen MR) is 119 cm³/mol. The number of hydrogen-bond acceptors (Lipinski definition) is 6. The summed E-state index contributed by atoms with van der Waals surface area (Å²) in [7, 11) is -0.0603. The topological polar surface area (TPSA) is 79.4 Å². The fraction of sp³-hybridized carbons (Fsp3) is 0.682. The molecule has 2 saturated heterocycles. The van der Waals surface area contributed by atoms with Crippen molar-refractivity contribution in [1.29, 1.82) is 0 Å². The summed E-state index contributed by atoms with van der Waals surface area (Å²) in [5, 5.41) is 0. The molecule has 0 bridgehead atoms. The second kappa shape index (κ2) is 10.3. The van der Waals surface area contributed by atoms with Crippen LogP contribution in [0.4, 0.5) is 0 Å². The summed E-state index contributed by atoms with van der Waals surface area (Å²) in [6, 6.07) is 3.24. The van der Waals surface area contributed by atoms with Crippen LogP contribution in [0.2, 0.25) is 0 Å². The molecule has 8 nitrogen and oxygen atoms in total. The Kier molecular flexibility index (Phi) is 7.96. The van der Waals surface area contributed by atoms with Gasteiger partial charge in [-0.3, -0.25) is 4.79 Å². The number of nitrogens with zero attached hydrogens (tertiary/aromatic N) is 3. The second-order valence-electron chi connectivity index (χ2n) is 8.55. The third-order valence-electron chi connectivity index (χ3n) is 6.20. The van der Waals surface area contributed by atoms with Crippen LogP contribution in [0.5, 0.6) is 5.75 Å². The van der Waals surface area contributed by atoms with E-state index >= 15 is 0 Å². The lowest BCUT2D eigenvalue weighted by atomic mass is 10.1. The van der Waals surface area contributed by atoms with E-state index < -0.39 is 10.0 Å². The van der Waals surface area contributed by atoms with Crippen LogP contribution in [0.25, 0.3) is 0 Å². The summed E-state index contributed by atoms with van der Waals surface area (Å²) < 4.78 is 39.7. The zero-order valence-electron chi connectivity index (χ0n) is 19.1. The summed E-state index contributed by atoms with van der Waals surface area (Å²) in [5.74, 6) is 0.620. The number of piperazine rings is 1. The molecule has 0 N–H and O–H groups in total. The van der Waals surface area contributed by atoms with Gasteiger partial charge in [-0.1, -0.05) is 6.42 Å². The normalized spacial score (nSPS) is 21.3. The third-order valence-corrected chi connectivity index (χ3v) is 8.46. The molecule has 9 heteroatoms. The highest BCUT2D eigenvalue weighted by molar-refractivity contribution is 7.89. The molecule has 31 heavy (non-hydrogen) atoms. The van der Waals surface area contributed by atoms with Crippen molar-refractivity contribution in [3.05, 3.63) is 23.3 Å². The van der Waals surface area contributed by atoms with Gasteiger partial charge in [0.05, 0.1) is 18.6 Å². The van der Waals surface area contributed by atoms with Crippen LogP contribution in [0.3, 0.4) is 0 Å². The van der Waals surface area contributed by atoms with E-state index in [9.17, 15) is 13.2 Å². The number of carbonyl (C=O) groups is 1. The smallest absolute Gasteiger partial charge is 0.248 e. The summed E-state index contributed by atoms with van der Waals surface area (Å²) in [6.07, 6.45) is 2.51. The van der Waals surface area contributed by atoms with Gasteiger partial charge < -0.3 is 19.3 Å². The molecule has 1 aromatic carbocycles. The Balaban J connectivity index is 1.67. The molecule has 1 unspecified atom stereocenters. The third kappa shape index (κ3) is 5.58. The maximum absolute atomic E-state index is 13.6. The van der Waals surface area contributed by atoms with Crippen LogP contribution in [0, 0.1) is 13.8 Å². The van der Waals surface area contributed by atoms with Crippen molar-refractivity contribution in [1.82, 2.24) is 14.1 Å². The van der Waals surface area contributed by atoms with Crippen LogP contribution in [0.15, 0.2) is 17.0 Å². The lowest BCUT2D eigenvalue weighted by Gasteiger charge is -2.35. The van der Waals surface area contributed by atoms with E-state index in [4.69, 9.17) is 9.47 Å². The average molecular weight is 454 g/mol. The zero-order valence-corrected chi connectivity index (χ0v) is 19.9. The molecule has 1 amide bonds. The molecule has 0 spiro atoms. The SMILES string of the molecule is COc1cc(C)c(S(=O)(=O)N2CCCCC2COCC(=O)N2CCN(C)CC2)c(C)c1. The highest BCUT2D eigenvalue weighted by atomic mass is 32.2. The van der Waals surface area contributed by atoms with Gasteiger partial charge in [-0.2, -0.15) is 4.31 Å². The number of sulfonamides is 1. The van der Waals surface area contributed by atoms with Gasteiger partial charge in [-0.05, 0) is 57.0 Å². The zero-order chi connectivity index (χ0) is 22.6. The van der Waals surface area contributed by atoms with E-state index in [-0.39, 0.29) is 25.2 Å². The molecule has 1 aromatic rings. The fourth-order valence-corrected chi connectivity index (χ4v) is 6.53. The molecule has 3 rings (SSSR count). The quantitative estimate of drug-likeness (QED) is 0.625. The van der Waals surface area contributed by atoms with E-state index in [0.29, 0.717) is 41.4 Å². The molecule has 2 heterocycles. The lowest BCUT2D eigenvalue weighted by molar-refractivity contribution is -0.138. The molecular formula is C22H35N3O5S. The Labute approximate surface area is 186 Å². The van der Waals surface area contributed by atoms with Crippen molar-refractivity contribution in [2.24, 2.45) is 0 Å². The van der Waals surface area contributed by atoms with Crippen molar-refractivity contribution in [3.63, 3.8) is 0 Å². The number of methoxy groups -OCH3 is 1. The molecule has 2 aliphatic rings. The predicted octanol–water partition coefficient (Wildman–Crippen LogP) is 1.65. The number of aryl methyl sites for hydroxylation is 2. The van der Waals surface area contributed by atoms with E-state index in [1.54, 1.807) is 37.4 Å². The number of ether oxygens (including phenoxy) is 2. The van der Waals surface area contributed by atoms with Gasteiger partial charge in [0.25, 0.3) is 0 Å². The van der Waals surface area contributed by atoms with Gasteiger partial charge in [0.1, 0.15) is 12.4 Å². The number of carbonyl (C=O) groups excluding carboxylic acids is 1. The van der Waals surface area contributed by atoms with E-state index in [2.05, 4.69) is 4.90 Å².